The number of rotatable bonds is 6. The molecule has 2 aromatic heterocycles. The molecule has 0 spiro atoms. The van der Waals surface area contributed by atoms with E-state index in [0.29, 0.717) is 32.7 Å². The van der Waals surface area contributed by atoms with E-state index in [2.05, 4.69) is 22.8 Å². The van der Waals surface area contributed by atoms with Crippen molar-refractivity contribution >= 4 is 34.3 Å². The first kappa shape index (κ1) is 28.1. The lowest BCUT2D eigenvalue weighted by atomic mass is 9.96. The van der Waals surface area contributed by atoms with Gasteiger partial charge in [-0.2, -0.15) is 5.26 Å². The van der Waals surface area contributed by atoms with Gasteiger partial charge in [0, 0.05) is 28.7 Å². The second kappa shape index (κ2) is 11.3. The van der Waals surface area contributed by atoms with Crippen LogP contribution in [-0.4, -0.2) is 21.2 Å². The molecular formula is C35H30N4O3S. The predicted molar refractivity (Wildman–Crippen MR) is 168 cm³/mol. The highest BCUT2D eigenvalue weighted by Gasteiger charge is 2.33. The number of allylic oxidation sites excluding steroid dienone is 1. The zero-order valence-electron chi connectivity index (χ0n) is 24.4. The molecule has 0 fully saturated rings. The summed E-state index contributed by atoms with van der Waals surface area (Å²) in [5, 5.41) is 10.7. The monoisotopic (exact) mass is 586 g/mol. The fraction of sp³-hybridized carbons (Fsp3) is 0.200. The van der Waals surface area contributed by atoms with Crippen LogP contribution in [0.2, 0.25) is 0 Å². The van der Waals surface area contributed by atoms with Crippen LogP contribution in [0.1, 0.15) is 54.8 Å². The number of para-hydroxylation sites is 1. The number of esters is 1. The van der Waals surface area contributed by atoms with Crippen molar-refractivity contribution in [3.63, 3.8) is 0 Å². The topological polar surface area (TPSA) is 89.4 Å². The molecule has 3 heterocycles. The molecule has 0 radical (unpaired) electrons. The fourth-order valence-corrected chi connectivity index (χ4v) is 6.75. The third-order valence-electron chi connectivity index (χ3n) is 7.72. The molecule has 0 bridgehead atoms. The number of fused-ring (bicyclic) bond motifs is 2. The number of nitrogens with zero attached hydrogens (tertiary/aromatic N) is 4. The Balaban J connectivity index is 1.54. The summed E-state index contributed by atoms with van der Waals surface area (Å²) in [5.41, 5.74) is 5.99. The molecule has 1 aliphatic heterocycles. The molecule has 43 heavy (non-hydrogen) atoms. The Kier molecular flexibility index (Phi) is 7.43. The lowest BCUT2D eigenvalue weighted by Crippen LogP contribution is -2.40. The van der Waals surface area contributed by atoms with Crippen LogP contribution in [0.15, 0.2) is 99.9 Å². The van der Waals surface area contributed by atoms with E-state index >= 15 is 0 Å². The first-order chi connectivity index (χ1) is 20.8. The second-order valence-corrected chi connectivity index (χ2v) is 11.8. The zero-order valence-corrected chi connectivity index (χ0v) is 25.2. The maximum absolute atomic E-state index is 14.2. The largest absolute Gasteiger partial charge is 0.459 e. The summed E-state index contributed by atoms with van der Waals surface area (Å²) in [5.74, 6) is -0.476. The van der Waals surface area contributed by atoms with Crippen molar-refractivity contribution in [3.8, 4) is 6.07 Å². The lowest BCUT2D eigenvalue weighted by molar-refractivity contribution is -0.143. The molecule has 0 aliphatic carbocycles. The van der Waals surface area contributed by atoms with Crippen molar-refractivity contribution in [2.24, 2.45) is 4.99 Å². The molecule has 214 valence electrons. The zero-order chi connectivity index (χ0) is 30.2. The molecular weight excluding hydrogens is 556 g/mol. The van der Waals surface area contributed by atoms with Gasteiger partial charge in [0.1, 0.15) is 0 Å². The van der Waals surface area contributed by atoms with Crippen LogP contribution in [0.3, 0.4) is 0 Å². The van der Waals surface area contributed by atoms with Crippen molar-refractivity contribution in [2.45, 2.75) is 46.4 Å². The second-order valence-electron chi connectivity index (χ2n) is 10.8. The van der Waals surface area contributed by atoms with Crippen LogP contribution in [0, 0.1) is 18.3 Å². The van der Waals surface area contributed by atoms with Gasteiger partial charge in [-0.05, 0) is 57.0 Å². The Morgan fingerprint density at radius 2 is 1.74 bits per heavy atom. The smallest absolute Gasteiger partial charge is 0.338 e. The van der Waals surface area contributed by atoms with Crippen molar-refractivity contribution in [1.82, 2.24) is 9.13 Å². The van der Waals surface area contributed by atoms with E-state index < -0.39 is 12.0 Å². The summed E-state index contributed by atoms with van der Waals surface area (Å²) in [6, 6.07) is 26.9. The van der Waals surface area contributed by atoms with Crippen LogP contribution in [0.5, 0.6) is 0 Å². The predicted octanol–water partition coefficient (Wildman–Crippen LogP) is 5.37. The Morgan fingerprint density at radius 3 is 2.49 bits per heavy atom. The van der Waals surface area contributed by atoms with Crippen LogP contribution >= 0.6 is 11.3 Å². The molecule has 7 nitrogen and oxygen atoms in total. The van der Waals surface area contributed by atoms with Gasteiger partial charge in [0.2, 0.25) is 0 Å². The number of carbonyl (C=O) groups excluding carboxylic acids is 1. The third-order valence-corrected chi connectivity index (χ3v) is 8.70. The quantitative estimate of drug-likeness (QED) is 0.250. The van der Waals surface area contributed by atoms with Gasteiger partial charge < -0.3 is 9.30 Å². The highest BCUT2D eigenvalue weighted by molar-refractivity contribution is 7.07. The van der Waals surface area contributed by atoms with Gasteiger partial charge in [0.25, 0.3) is 5.56 Å². The number of hydrogen-bond donors (Lipinski definition) is 0. The SMILES string of the molecule is CC1=C(C(=O)OC(C)C)C(c2ccccc2)n2c(sc(=Cc3c(C)n(Cc4ccccc4C#N)c4ccccc34)c2=O)=N1. The van der Waals surface area contributed by atoms with E-state index in [1.807, 2.05) is 79.7 Å². The van der Waals surface area contributed by atoms with Gasteiger partial charge in [-0.3, -0.25) is 9.36 Å². The van der Waals surface area contributed by atoms with E-state index in [9.17, 15) is 14.9 Å². The molecule has 3 aromatic carbocycles. The molecule has 0 N–H and O–H groups in total. The highest BCUT2D eigenvalue weighted by atomic mass is 32.1. The van der Waals surface area contributed by atoms with Crippen LogP contribution in [-0.2, 0) is 16.1 Å². The molecule has 0 saturated heterocycles. The number of benzene rings is 3. The minimum Gasteiger partial charge on any atom is -0.459 e. The first-order valence-electron chi connectivity index (χ1n) is 14.1. The summed E-state index contributed by atoms with van der Waals surface area (Å²) in [6.45, 7) is 7.96. The first-order valence-corrected chi connectivity index (χ1v) is 14.9. The molecule has 1 atom stereocenters. The molecule has 0 amide bonds. The molecule has 5 aromatic rings. The van der Waals surface area contributed by atoms with Crippen molar-refractivity contribution in [3.05, 3.63) is 138 Å². The highest BCUT2D eigenvalue weighted by Crippen LogP contribution is 2.31. The van der Waals surface area contributed by atoms with E-state index in [1.165, 1.54) is 11.3 Å². The Bertz CT molecular complexity index is 2140. The maximum atomic E-state index is 14.2. The van der Waals surface area contributed by atoms with Gasteiger partial charge in [-0.15, -0.1) is 0 Å². The molecule has 6 rings (SSSR count). The van der Waals surface area contributed by atoms with E-state index in [-0.39, 0.29) is 11.7 Å². The minimum absolute atomic E-state index is 0.217. The van der Waals surface area contributed by atoms with E-state index in [4.69, 9.17) is 9.73 Å². The maximum Gasteiger partial charge on any atom is 0.338 e. The number of hydrogen-bond acceptors (Lipinski definition) is 6. The summed E-state index contributed by atoms with van der Waals surface area (Å²) in [7, 11) is 0. The van der Waals surface area contributed by atoms with Gasteiger partial charge >= 0.3 is 5.97 Å². The molecule has 1 unspecified atom stereocenters. The Labute approximate surface area is 252 Å². The number of ether oxygens (including phenoxy) is 1. The summed E-state index contributed by atoms with van der Waals surface area (Å²) >= 11 is 1.31. The van der Waals surface area contributed by atoms with Crippen LogP contribution in [0.4, 0.5) is 0 Å². The normalized spacial score (nSPS) is 15.0. The van der Waals surface area contributed by atoms with Gasteiger partial charge in [0.05, 0.1) is 39.6 Å². The van der Waals surface area contributed by atoms with Crippen molar-refractivity contribution in [1.29, 1.82) is 5.26 Å². The van der Waals surface area contributed by atoms with Gasteiger partial charge in [-0.25, -0.2) is 9.79 Å². The number of aromatic nitrogens is 2. The number of carbonyl (C=O) groups is 1. The minimum atomic E-state index is -0.657. The number of thiazole rings is 1. The Morgan fingerprint density at radius 1 is 1.05 bits per heavy atom. The van der Waals surface area contributed by atoms with Crippen LogP contribution in [0.25, 0.3) is 17.0 Å². The van der Waals surface area contributed by atoms with E-state index in [0.717, 1.165) is 33.3 Å². The standard InChI is InChI=1S/C35H30N4O3S/c1-21(2)42-34(41)31-22(3)37-35-39(32(31)24-12-6-5-7-13-24)33(40)30(43-35)18-28-23(4)38(29-17-11-10-16-27(28)29)20-26-15-9-8-14-25(26)19-36/h5-18,21,32H,20H2,1-4H3. The summed E-state index contributed by atoms with van der Waals surface area (Å²) in [6.07, 6.45) is 1.62. The summed E-state index contributed by atoms with van der Waals surface area (Å²) in [4.78, 5) is 32.8. The van der Waals surface area contributed by atoms with Crippen LogP contribution < -0.4 is 14.9 Å². The van der Waals surface area contributed by atoms with E-state index in [1.54, 1.807) is 25.3 Å². The van der Waals surface area contributed by atoms with Crippen molar-refractivity contribution < 1.29 is 9.53 Å². The summed E-state index contributed by atoms with van der Waals surface area (Å²) < 4.78 is 9.93. The van der Waals surface area contributed by atoms with Gasteiger partial charge in [0.15, 0.2) is 4.80 Å². The number of nitriles is 1. The Hall–Kier alpha value is -5.00. The van der Waals surface area contributed by atoms with Gasteiger partial charge in [-0.1, -0.05) is 78.1 Å². The molecule has 0 saturated carbocycles. The third kappa shape index (κ3) is 5.02. The average Bonchev–Trinajstić information content (AvgIpc) is 3.45. The lowest BCUT2D eigenvalue weighted by Gasteiger charge is -2.25. The molecule has 8 heteroatoms. The fourth-order valence-electron chi connectivity index (χ4n) is 5.72. The average molecular weight is 587 g/mol. The molecule has 1 aliphatic rings. The van der Waals surface area contributed by atoms with Crippen molar-refractivity contribution in [2.75, 3.05) is 0 Å².